The van der Waals surface area contributed by atoms with Crippen molar-refractivity contribution < 1.29 is 17.9 Å². The Morgan fingerprint density at radius 2 is 1.68 bits per heavy atom. The van der Waals surface area contributed by atoms with Crippen molar-refractivity contribution in [3.8, 4) is 22.7 Å². The van der Waals surface area contributed by atoms with Gasteiger partial charge in [-0.2, -0.15) is 13.2 Å². The lowest BCUT2D eigenvalue weighted by molar-refractivity contribution is -0.137. The summed E-state index contributed by atoms with van der Waals surface area (Å²) in [5.74, 6) is 1.22. The number of halogens is 3. The van der Waals surface area contributed by atoms with E-state index >= 15 is 0 Å². The number of ether oxygens (including phenoxy) is 1. The van der Waals surface area contributed by atoms with Gasteiger partial charge in [0.05, 0.1) is 24.1 Å². The number of alkyl halides is 3. The van der Waals surface area contributed by atoms with E-state index in [-0.39, 0.29) is 0 Å². The molecule has 0 aliphatic rings. The third kappa shape index (κ3) is 4.94. The first-order valence-corrected chi connectivity index (χ1v) is 10.5. The highest BCUT2D eigenvalue weighted by molar-refractivity contribution is 7.98. The van der Waals surface area contributed by atoms with E-state index in [0.29, 0.717) is 5.75 Å². The molecule has 0 fully saturated rings. The Labute approximate surface area is 182 Å². The van der Waals surface area contributed by atoms with Gasteiger partial charge in [-0.15, -0.1) is 0 Å². The van der Waals surface area contributed by atoms with Gasteiger partial charge in [0.2, 0.25) is 0 Å². The molecule has 31 heavy (non-hydrogen) atoms. The molecule has 0 N–H and O–H groups in total. The Balaban J connectivity index is 1.64. The van der Waals surface area contributed by atoms with Crippen LogP contribution in [0, 0.1) is 0 Å². The van der Waals surface area contributed by atoms with Crippen LogP contribution < -0.4 is 4.74 Å². The quantitative estimate of drug-likeness (QED) is 0.307. The largest absolute Gasteiger partial charge is 0.497 e. The van der Waals surface area contributed by atoms with Crippen LogP contribution in [-0.4, -0.2) is 16.7 Å². The number of rotatable bonds is 6. The first-order valence-electron chi connectivity index (χ1n) is 9.52. The van der Waals surface area contributed by atoms with Gasteiger partial charge in [0, 0.05) is 23.6 Å². The van der Waals surface area contributed by atoms with Crippen LogP contribution in [0.5, 0.6) is 5.75 Å². The average molecular weight is 440 g/mol. The molecular formula is C24H19F3N2OS. The third-order valence-electron chi connectivity index (χ3n) is 4.72. The second kappa shape index (κ2) is 8.89. The maximum atomic E-state index is 12.8. The molecule has 3 nitrogen and oxygen atoms in total. The predicted molar refractivity (Wildman–Crippen MR) is 117 cm³/mol. The Hall–Kier alpha value is -3.19. The zero-order chi connectivity index (χ0) is 21.8. The first-order chi connectivity index (χ1) is 14.9. The Bertz CT molecular complexity index is 1160. The summed E-state index contributed by atoms with van der Waals surface area (Å²) < 4.78 is 45.7. The maximum Gasteiger partial charge on any atom is 0.416 e. The van der Waals surface area contributed by atoms with Gasteiger partial charge in [-0.05, 0) is 29.8 Å². The fourth-order valence-electron chi connectivity index (χ4n) is 3.10. The van der Waals surface area contributed by atoms with Gasteiger partial charge in [0.1, 0.15) is 5.75 Å². The molecule has 4 aromatic rings. The van der Waals surface area contributed by atoms with Gasteiger partial charge in [0.25, 0.3) is 0 Å². The van der Waals surface area contributed by atoms with E-state index < -0.39 is 11.7 Å². The molecule has 0 saturated heterocycles. The number of methoxy groups -OCH3 is 1. The predicted octanol–water partition coefficient (Wildman–Crippen LogP) is 6.86. The number of hydrogen-bond acceptors (Lipinski definition) is 3. The Morgan fingerprint density at radius 3 is 2.35 bits per heavy atom. The molecule has 4 rings (SSSR count). The number of imidazole rings is 1. The lowest BCUT2D eigenvalue weighted by Crippen LogP contribution is -2.04. The minimum atomic E-state index is -4.33. The van der Waals surface area contributed by atoms with Crippen molar-refractivity contribution >= 4 is 11.8 Å². The van der Waals surface area contributed by atoms with E-state index in [0.717, 1.165) is 45.5 Å². The molecule has 158 valence electrons. The van der Waals surface area contributed by atoms with E-state index in [4.69, 9.17) is 9.72 Å². The van der Waals surface area contributed by atoms with Gasteiger partial charge >= 0.3 is 6.18 Å². The molecule has 0 radical (unpaired) electrons. The zero-order valence-corrected chi connectivity index (χ0v) is 17.5. The van der Waals surface area contributed by atoms with Crippen LogP contribution in [-0.2, 0) is 11.9 Å². The summed E-state index contributed by atoms with van der Waals surface area (Å²) in [6.07, 6.45) is -2.38. The highest BCUT2D eigenvalue weighted by Crippen LogP contribution is 2.32. The van der Waals surface area contributed by atoms with Crippen molar-refractivity contribution in [1.82, 2.24) is 9.55 Å². The summed E-state index contributed by atoms with van der Waals surface area (Å²) in [5.41, 5.74) is 2.84. The lowest BCUT2D eigenvalue weighted by Gasteiger charge is -2.10. The fraction of sp³-hybridized carbons (Fsp3) is 0.125. The van der Waals surface area contributed by atoms with E-state index in [2.05, 4.69) is 0 Å². The van der Waals surface area contributed by atoms with Crippen LogP contribution in [0.25, 0.3) is 16.9 Å². The van der Waals surface area contributed by atoms with Crippen molar-refractivity contribution in [1.29, 1.82) is 0 Å². The molecular weight excluding hydrogens is 421 g/mol. The Morgan fingerprint density at radius 1 is 0.935 bits per heavy atom. The molecule has 0 spiro atoms. The van der Waals surface area contributed by atoms with Crippen LogP contribution >= 0.6 is 11.8 Å². The number of benzene rings is 3. The first kappa shape index (κ1) is 21.1. The zero-order valence-electron chi connectivity index (χ0n) is 16.6. The molecule has 0 aliphatic carbocycles. The third-order valence-corrected chi connectivity index (χ3v) is 5.75. The normalized spacial score (nSPS) is 11.5. The molecule has 0 amide bonds. The second-order valence-corrected chi connectivity index (χ2v) is 7.77. The average Bonchev–Trinajstić information content (AvgIpc) is 3.22. The molecule has 0 aliphatic heterocycles. The number of aromatic nitrogens is 2. The summed E-state index contributed by atoms with van der Waals surface area (Å²) >= 11 is 1.47. The highest BCUT2D eigenvalue weighted by Gasteiger charge is 2.29. The standard InChI is InChI=1S/C24H19F3N2OS/c1-30-21-9-5-8-20(14-21)29-15-22(18-6-3-2-4-7-18)28-23(29)31-16-17-10-12-19(13-11-17)24(25,26)27/h2-15H,16H2,1H3. The smallest absolute Gasteiger partial charge is 0.416 e. The molecule has 1 aromatic heterocycles. The van der Waals surface area contributed by atoms with Crippen LogP contribution in [0.1, 0.15) is 11.1 Å². The minimum absolute atomic E-state index is 0.493. The molecule has 0 unspecified atom stereocenters. The SMILES string of the molecule is COc1cccc(-n2cc(-c3ccccc3)nc2SCc2ccc(C(F)(F)F)cc2)c1. The Kier molecular flexibility index (Phi) is 6.04. The summed E-state index contributed by atoms with van der Waals surface area (Å²) in [6, 6.07) is 22.7. The highest BCUT2D eigenvalue weighted by atomic mass is 32.2. The fourth-order valence-corrected chi connectivity index (χ4v) is 4.04. The minimum Gasteiger partial charge on any atom is -0.497 e. The molecule has 1 heterocycles. The van der Waals surface area contributed by atoms with Crippen molar-refractivity contribution in [2.45, 2.75) is 17.1 Å². The lowest BCUT2D eigenvalue weighted by atomic mass is 10.1. The van der Waals surface area contributed by atoms with E-state index in [1.807, 2.05) is 65.4 Å². The summed E-state index contributed by atoms with van der Waals surface area (Å²) in [5, 5.41) is 0.743. The van der Waals surface area contributed by atoms with Crippen LogP contribution in [0.3, 0.4) is 0 Å². The monoisotopic (exact) mass is 440 g/mol. The van der Waals surface area contributed by atoms with E-state index in [1.165, 1.54) is 23.9 Å². The topological polar surface area (TPSA) is 27.1 Å². The van der Waals surface area contributed by atoms with Crippen molar-refractivity contribution in [2.24, 2.45) is 0 Å². The van der Waals surface area contributed by atoms with Crippen molar-refractivity contribution in [3.05, 3.63) is 96.2 Å². The maximum absolute atomic E-state index is 12.8. The number of nitrogens with zero attached hydrogens (tertiary/aromatic N) is 2. The summed E-state index contributed by atoms with van der Waals surface area (Å²) in [4.78, 5) is 4.79. The number of hydrogen-bond donors (Lipinski definition) is 0. The van der Waals surface area contributed by atoms with Crippen molar-refractivity contribution in [3.63, 3.8) is 0 Å². The van der Waals surface area contributed by atoms with Crippen molar-refractivity contribution in [2.75, 3.05) is 7.11 Å². The molecule has 0 saturated carbocycles. The summed E-state index contributed by atoms with van der Waals surface area (Å²) in [7, 11) is 1.61. The molecule has 3 aromatic carbocycles. The molecule has 0 atom stereocenters. The van der Waals surface area contributed by atoms with Crippen LogP contribution in [0.2, 0.25) is 0 Å². The second-order valence-electron chi connectivity index (χ2n) is 6.83. The molecule has 0 bridgehead atoms. The van der Waals surface area contributed by atoms with Gasteiger partial charge in [-0.1, -0.05) is 60.3 Å². The molecule has 7 heteroatoms. The summed E-state index contributed by atoms with van der Waals surface area (Å²) in [6.45, 7) is 0. The van der Waals surface area contributed by atoms with Gasteiger partial charge in [-0.25, -0.2) is 4.98 Å². The van der Waals surface area contributed by atoms with Gasteiger partial charge in [-0.3, -0.25) is 4.57 Å². The van der Waals surface area contributed by atoms with Gasteiger partial charge < -0.3 is 4.74 Å². The number of thioether (sulfide) groups is 1. The van der Waals surface area contributed by atoms with Crippen LogP contribution in [0.4, 0.5) is 13.2 Å². The van der Waals surface area contributed by atoms with Crippen LogP contribution in [0.15, 0.2) is 90.2 Å². The van der Waals surface area contributed by atoms with E-state index in [9.17, 15) is 13.2 Å². The van der Waals surface area contributed by atoms with Gasteiger partial charge in [0.15, 0.2) is 5.16 Å². The van der Waals surface area contributed by atoms with E-state index in [1.54, 1.807) is 7.11 Å².